The summed E-state index contributed by atoms with van der Waals surface area (Å²) in [4.78, 5) is 15.7. The molecule has 0 radical (unpaired) electrons. The smallest absolute Gasteiger partial charge is 0.222 e. The average molecular weight is 369 g/mol. The minimum absolute atomic E-state index is 0.120. The molecule has 1 N–H and O–H groups in total. The van der Waals surface area contributed by atoms with E-state index in [9.17, 15) is 4.79 Å². The molecule has 132 valence electrons. The quantitative estimate of drug-likeness (QED) is 0.818. The third-order valence-corrected chi connectivity index (χ3v) is 4.38. The third kappa shape index (κ3) is 4.25. The van der Waals surface area contributed by atoms with E-state index in [0.29, 0.717) is 43.3 Å². The zero-order chi connectivity index (χ0) is 19.1. The number of carbonyl (C=O) groups is 1. The van der Waals surface area contributed by atoms with Crippen molar-refractivity contribution >= 4 is 28.9 Å². The van der Waals surface area contributed by atoms with Crippen LogP contribution < -0.4 is 10.2 Å². The van der Waals surface area contributed by atoms with E-state index < -0.39 is 0 Å². The van der Waals surface area contributed by atoms with Gasteiger partial charge in [0.15, 0.2) is 5.57 Å². The van der Waals surface area contributed by atoms with Crippen LogP contribution >= 0.6 is 11.6 Å². The molecular weight excluding hydrogens is 352 g/mol. The van der Waals surface area contributed by atoms with Crippen molar-refractivity contribution in [1.82, 2.24) is 4.90 Å². The van der Waals surface area contributed by atoms with Gasteiger partial charge in [0, 0.05) is 38.3 Å². The summed E-state index contributed by atoms with van der Waals surface area (Å²) in [5.41, 5.74) is 0.942. The summed E-state index contributed by atoms with van der Waals surface area (Å²) in [7, 11) is 0. The number of nitriles is 3. The fourth-order valence-electron chi connectivity index (χ4n) is 2.69. The highest BCUT2D eigenvalue weighted by atomic mass is 35.5. The number of allylic oxidation sites excluding steroid dienone is 2. The lowest BCUT2D eigenvalue weighted by molar-refractivity contribution is -0.131. The molecule has 1 aromatic carbocycles. The average Bonchev–Trinajstić information content (AvgIpc) is 2.67. The molecule has 1 aliphatic rings. The second kappa shape index (κ2) is 8.76. The zero-order valence-corrected chi connectivity index (χ0v) is 15.0. The Morgan fingerprint density at radius 2 is 1.81 bits per heavy atom. The molecule has 7 nitrogen and oxygen atoms in total. The number of benzene rings is 1. The molecule has 8 heteroatoms. The Morgan fingerprint density at radius 3 is 2.31 bits per heavy atom. The number of anilines is 2. The van der Waals surface area contributed by atoms with Gasteiger partial charge < -0.3 is 15.1 Å². The highest BCUT2D eigenvalue weighted by Crippen LogP contribution is 2.30. The first-order valence-electron chi connectivity index (χ1n) is 8.07. The Morgan fingerprint density at radius 1 is 1.15 bits per heavy atom. The fraction of sp³-hybridized carbons (Fsp3) is 0.333. The van der Waals surface area contributed by atoms with Gasteiger partial charge in [-0.05, 0) is 18.2 Å². The van der Waals surface area contributed by atoms with Gasteiger partial charge in [-0.1, -0.05) is 18.5 Å². The maximum atomic E-state index is 11.8. The molecule has 1 amide bonds. The van der Waals surface area contributed by atoms with Crippen LogP contribution in [0.4, 0.5) is 11.4 Å². The van der Waals surface area contributed by atoms with Gasteiger partial charge in [0.25, 0.3) is 0 Å². The molecule has 1 saturated heterocycles. The summed E-state index contributed by atoms with van der Waals surface area (Å²) in [6.45, 7) is 4.53. The molecule has 0 unspecified atom stereocenters. The van der Waals surface area contributed by atoms with E-state index in [4.69, 9.17) is 27.4 Å². The Hall–Kier alpha value is -3.21. The molecule has 1 fully saturated rings. The number of hydrogen-bond acceptors (Lipinski definition) is 6. The maximum absolute atomic E-state index is 11.8. The SMILES string of the molecule is CCC(=O)N1CCN(c2ccc(NC(C#N)=C(C#N)C#N)cc2Cl)CC1. The maximum Gasteiger partial charge on any atom is 0.222 e. The van der Waals surface area contributed by atoms with E-state index in [1.165, 1.54) is 0 Å². The van der Waals surface area contributed by atoms with E-state index in [-0.39, 0.29) is 17.2 Å². The minimum Gasteiger partial charge on any atom is -0.367 e. The first kappa shape index (κ1) is 19.1. The van der Waals surface area contributed by atoms with Gasteiger partial charge >= 0.3 is 0 Å². The summed E-state index contributed by atoms with van der Waals surface area (Å²) in [6.07, 6.45) is 0.503. The van der Waals surface area contributed by atoms with Gasteiger partial charge in [-0.2, -0.15) is 15.8 Å². The lowest BCUT2D eigenvalue weighted by atomic mass is 10.2. The summed E-state index contributed by atoms with van der Waals surface area (Å²) in [5, 5.41) is 30.1. The zero-order valence-electron chi connectivity index (χ0n) is 14.3. The van der Waals surface area contributed by atoms with Gasteiger partial charge in [-0.25, -0.2) is 0 Å². The van der Waals surface area contributed by atoms with Crippen LogP contribution in [-0.4, -0.2) is 37.0 Å². The van der Waals surface area contributed by atoms with Gasteiger partial charge in [-0.3, -0.25) is 4.79 Å². The minimum atomic E-state index is -0.288. The van der Waals surface area contributed by atoms with E-state index >= 15 is 0 Å². The topological polar surface area (TPSA) is 107 Å². The van der Waals surface area contributed by atoms with Crippen molar-refractivity contribution < 1.29 is 4.79 Å². The summed E-state index contributed by atoms with van der Waals surface area (Å²) < 4.78 is 0. The first-order valence-corrected chi connectivity index (χ1v) is 8.45. The van der Waals surface area contributed by atoms with Crippen LogP contribution in [-0.2, 0) is 4.79 Å². The fourth-order valence-corrected chi connectivity index (χ4v) is 2.99. The normalized spacial score (nSPS) is 13.2. The Balaban J connectivity index is 2.13. The molecule has 0 aliphatic carbocycles. The van der Waals surface area contributed by atoms with Crippen LogP contribution in [0.1, 0.15) is 13.3 Å². The Bertz CT molecular complexity index is 834. The number of carbonyl (C=O) groups excluding carboxylic acids is 1. The van der Waals surface area contributed by atoms with Crippen molar-refractivity contribution in [2.45, 2.75) is 13.3 Å². The molecule has 26 heavy (non-hydrogen) atoms. The number of hydrogen-bond donors (Lipinski definition) is 1. The van der Waals surface area contributed by atoms with Crippen molar-refractivity contribution in [2.24, 2.45) is 0 Å². The van der Waals surface area contributed by atoms with Crippen LogP contribution in [0.25, 0.3) is 0 Å². The van der Waals surface area contributed by atoms with E-state index in [1.54, 1.807) is 30.3 Å². The number of amides is 1. The van der Waals surface area contributed by atoms with Crippen LogP contribution in [0.3, 0.4) is 0 Å². The Kier molecular flexibility index (Phi) is 6.44. The highest BCUT2D eigenvalue weighted by molar-refractivity contribution is 6.33. The Labute approximate surface area is 157 Å². The number of nitrogens with zero attached hydrogens (tertiary/aromatic N) is 5. The molecule has 0 bridgehead atoms. The molecule has 0 spiro atoms. The van der Waals surface area contributed by atoms with Crippen molar-refractivity contribution in [3.05, 3.63) is 34.5 Å². The van der Waals surface area contributed by atoms with E-state index in [0.717, 1.165) is 5.69 Å². The number of piperazine rings is 1. The second-order valence-electron chi connectivity index (χ2n) is 5.60. The van der Waals surface area contributed by atoms with Crippen molar-refractivity contribution in [2.75, 3.05) is 36.4 Å². The molecule has 0 atom stereocenters. The molecule has 0 aromatic heterocycles. The van der Waals surface area contributed by atoms with Crippen LogP contribution in [0.2, 0.25) is 5.02 Å². The van der Waals surface area contributed by atoms with Gasteiger partial charge in [0.05, 0.1) is 10.7 Å². The second-order valence-corrected chi connectivity index (χ2v) is 6.01. The summed E-state index contributed by atoms with van der Waals surface area (Å²) in [5.74, 6) is 0.150. The largest absolute Gasteiger partial charge is 0.367 e. The predicted molar refractivity (Wildman–Crippen MR) is 98.0 cm³/mol. The lowest BCUT2D eigenvalue weighted by Crippen LogP contribution is -2.48. The summed E-state index contributed by atoms with van der Waals surface area (Å²) >= 11 is 6.37. The number of nitrogens with one attached hydrogen (secondary N) is 1. The third-order valence-electron chi connectivity index (χ3n) is 4.08. The van der Waals surface area contributed by atoms with Crippen LogP contribution in [0, 0.1) is 34.0 Å². The number of halogens is 1. The van der Waals surface area contributed by atoms with E-state index in [1.807, 2.05) is 17.9 Å². The molecule has 1 aliphatic heterocycles. The predicted octanol–water partition coefficient (Wildman–Crippen LogP) is 2.64. The molecular formula is C18H17ClN6O. The molecule has 0 saturated carbocycles. The van der Waals surface area contributed by atoms with Crippen LogP contribution in [0.15, 0.2) is 29.5 Å². The van der Waals surface area contributed by atoms with Gasteiger partial charge in [-0.15, -0.1) is 0 Å². The molecule has 2 rings (SSSR count). The standard InChI is InChI=1S/C18H17ClN6O/c1-2-18(26)25-7-5-24(6-8-25)17-4-3-14(9-15(17)19)23-16(12-22)13(10-20)11-21/h3-4,9,23H,2,5-8H2,1H3. The van der Waals surface area contributed by atoms with Gasteiger partial charge in [0.1, 0.15) is 23.9 Å². The van der Waals surface area contributed by atoms with Crippen molar-refractivity contribution in [1.29, 1.82) is 15.8 Å². The molecule has 1 aromatic rings. The van der Waals surface area contributed by atoms with Gasteiger partial charge in [0.2, 0.25) is 5.91 Å². The molecule has 1 heterocycles. The lowest BCUT2D eigenvalue weighted by Gasteiger charge is -2.36. The first-order chi connectivity index (χ1) is 12.5. The summed E-state index contributed by atoms with van der Waals surface area (Å²) in [6, 6.07) is 10.3. The number of rotatable bonds is 4. The highest BCUT2D eigenvalue weighted by Gasteiger charge is 2.21. The van der Waals surface area contributed by atoms with Crippen molar-refractivity contribution in [3.8, 4) is 18.2 Å². The van der Waals surface area contributed by atoms with Crippen LogP contribution in [0.5, 0.6) is 0 Å². The van der Waals surface area contributed by atoms with E-state index in [2.05, 4.69) is 10.2 Å². The monoisotopic (exact) mass is 368 g/mol. The van der Waals surface area contributed by atoms with Crippen molar-refractivity contribution in [3.63, 3.8) is 0 Å².